The zero-order chi connectivity index (χ0) is 14.8. The number of hydrazone groups is 1. The third-order valence-corrected chi connectivity index (χ3v) is 4.55. The van der Waals surface area contributed by atoms with Crippen molar-refractivity contribution in [1.29, 1.82) is 0 Å². The fraction of sp³-hybridized carbons (Fsp3) is 0.200. The first-order valence-electron chi connectivity index (χ1n) is 6.53. The highest BCUT2D eigenvalue weighted by Gasteiger charge is 2.30. The van der Waals surface area contributed by atoms with E-state index < -0.39 is 0 Å². The molecule has 0 bridgehead atoms. The number of benzene rings is 1. The molecular formula is C15H15N3OS2. The van der Waals surface area contributed by atoms with Crippen molar-refractivity contribution in [3.63, 3.8) is 0 Å². The van der Waals surface area contributed by atoms with Crippen LogP contribution in [0.2, 0.25) is 0 Å². The Labute approximate surface area is 132 Å². The number of thiophene rings is 1. The van der Waals surface area contributed by atoms with E-state index >= 15 is 0 Å². The first-order valence-corrected chi connectivity index (χ1v) is 7.82. The van der Waals surface area contributed by atoms with Gasteiger partial charge in [-0.2, -0.15) is 5.10 Å². The van der Waals surface area contributed by atoms with Crippen LogP contribution < -0.4 is 10.5 Å². The largest absolute Gasteiger partial charge is 0.497 e. The Morgan fingerprint density at radius 3 is 2.71 bits per heavy atom. The van der Waals surface area contributed by atoms with Crippen molar-refractivity contribution in [2.45, 2.75) is 12.5 Å². The zero-order valence-electron chi connectivity index (χ0n) is 11.5. The minimum Gasteiger partial charge on any atom is -0.497 e. The molecule has 0 saturated carbocycles. The van der Waals surface area contributed by atoms with E-state index in [4.69, 9.17) is 22.7 Å². The van der Waals surface area contributed by atoms with Crippen LogP contribution in [0.1, 0.15) is 22.9 Å². The van der Waals surface area contributed by atoms with E-state index in [-0.39, 0.29) is 6.04 Å². The quantitative estimate of drug-likeness (QED) is 0.884. The SMILES string of the molecule is COc1ccc([C@H]2CC(c3cccs3)=NN2C(N)=S)cc1. The van der Waals surface area contributed by atoms with Gasteiger partial charge in [-0.1, -0.05) is 18.2 Å². The molecule has 0 radical (unpaired) electrons. The standard InChI is InChI=1S/C15H15N3OS2/c1-19-11-6-4-10(5-7-11)13-9-12(14-3-2-8-21-14)17-18(13)15(16)20/h2-8,13H,9H2,1H3,(H2,16,20)/t13-/m1/s1. The van der Waals surface area contributed by atoms with Gasteiger partial charge in [0.2, 0.25) is 0 Å². The molecule has 108 valence electrons. The highest BCUT2D eigenvalue weighted by atomic mass is 32.1. The van der Waals surface area contributed by atoms with Gasteiger partial charge < -0.3 is 10.5 Å². The van der Waals surface area contributed by atoms with Crippen molar-refractivity contribution < 1.29 is 4.74 Å². The summed E-state index contributed by atoms with van der Waals surface area (Å²) < 4.78 is 5.20. The van der Waals surface area contributed by atoms with Crippen LogP contribution in [0.5, 0.6) is 5.75 Å². The summed E-state index contributed by atoms with van der Waals surface area (Å²) in [4.78, 5) is 1.16. The Morgan fingerprint density at radius 2 is 2.14 bits per heavy atom. The molecule has 0 amide bonds. The molecule has 1 atom stereocenters. The molecule has 3 rings (SSSR count). The lowest BCUT2D eigenvalue weighted by atomic mass is 10.0. The maximum atomic E-state index is 5.83. The van der Waals surface area contributed by atoms with Crippen LogP contribution in [0.15, 0.2) is 46.9 Å². The average Bonchev–Trinajstić information content (AvgIpc) is 3.16. The van der Waals surface area contributed by atoms with E-state index in [1.807, 2.05) is 35.7 Å². The van der Waals surface area contributed by atoms with Crippen molar-refractivity contribution in [2.24, 2.45) is 10.8 Å². The first-order chi connectivity index (χ1) is 10.2. The third kappa shape index (κ3) is 2.77. The lowest BCUT2D eigenvalue weighted by Crippen LogP contribution is -2.31. The van der Waals surface area contributed by atoms with Crippen LogP contribution in [-0.2, 0) is 0 Å². The summed E-state index contributed by atoms with van der Waals surface area (Å²) in [5.74, 6) is 0.832. The summed E-state index contributed by atoms with van der Waals surface area (Å²) >= 11 is 6.81. The number of rotatable bonds is 3. The number of nitrogens with two attached hydrogens (primary N) is 1. The molecule has 2 aromatic rings. The Hall–Kier alpha value is -1.92. The van der Waals surface area contributed by atoms with Gasteiger partial charge in [0.25, 0.3) is 0 Å². The average molecular weight is 317 g/mol. The lowest BCUT2D eigenvalue weighted by molar-refractivity contribution is 0.371. The van der Waals surface area contributed by atoms with Gasteiger partial charge in [-0.05, 0) is 41.4 Å². The Balaban J connectivity index is 1.90. The van der Waals surface area contributed by atoms with Crippen LogP contribution in [0.3, 0.4) is 0 Å². The van der Waals surface area contributed by atoms with Crippen molar-refractivity contribution in [1.82, 2.24) is 5.01 Å². The maximum Gasteiger partial charge on any atom is 0.187 e. The van der Waals surface area contributed by atoms with E-state index in [0.29, 0.717) is 5.11 Å². The maximum absolute atomic E-state index is 5.83. The van der Waals surface area contributed by atoms with Crippen molar-refractivity contribution >= 4 is 34.4 Å². The molecule has 0 aliphatic carbocycles. The summed E-state index contributed by atoms with van der Waals surface area (Å²) in [5.41, 5.74) is 7.98. The third-order valence-electron chi connectivity index (χ3n) is 3.44. The van der Waals surface area contributed by atoms with Gasteiger partial charge in [0.05, 0.1) is 23.7 Å². The van der Waals surface area contributed by atoms with E-state index in [1.54, 1.807) is 23.5 Å². The second kappa shape index (κ2) is 5.83. The van der Waals surface area contributed by atoms with Crippen LogP contribution >= 0.6 is 23.6 Å². The highest BCUT2D eigenvalue weighted by Crippen LogP contribution is 2.34. The summed E-state index contributed by atoms with van der Waals surface area (Å²) in [7, 11) is 1.66. The van der Waals surface area contributed by atoms with Crippen LogP contribution in [-0.4, -0.2) is 22.9 Å². The van der Waals surface area contributed by atoms with Crippen LogP contribution in [0, 0.1) is 0 Å². The van der Waals surface area contributed by atoms with Gasteiger partial charge in [0, 0.05) is 6.42 Å². The molecule has 0 spiro atoms. The number of hydrogen-bond acceptors (Lipinski definition) is 4. The van der Waals surface area contributed by atoms with E-state index in [1.165, 1.54) is 0 Å². The number of hydrogen-bond donors (Lipinski definition) is 1. The Kier molecular flexibility index (Phi) is 3.90. The molecule has 6 heteroatoms. The van der Waals surface area contributed by atoms with Gasteiger partial charge in [-0.15, -0.1) is 11.3 Å². The second-order valence-electron chi connectivity index (χ2n) is 4.70. The fourth-order valence-corrected chi connectivity index (χ4v) is 3.28. The van der Waals surface area contributed by atoms with Crippen LogP contribution in [0.4, 0.5) is 0 Å². The molecule has 0 fully saturated rings. The zero-order valence-corrected chi connectivity index (χ0v) is 13.2. The normalized spacial score (nSPS) is 17.7. The van der Waals surface area contributed by atoms with Crippen molar-refractivity contribution in [3.8, 4) is 5.75 Å². The molecule has 1 aromatic carbocycles. The van der Waals surface area contributed by atoms with E-state index in [9.17, 15) is 0 Å². The minimum absolute atomic E-state index is 0.0468. The summed E-state index contributed by atoms with van der Waals surface area (Å²) in [6, 6.07) is 12.1. The summed E-state index contributed by atoms with van der Waals surface area (Å²) in [6.07, 6.45) is 0.796. The smallest absolute Gasteiger partial charge is 0.187 e. The van der Waals surface area contributed by atoms with Gasteiger partial charge in [0.1, 0.15) is 5.75 Å². The monoisotopic (exact) mass is 317 g/mol. The Bertz CT molecular complexity index is 665. The van der Waals surface area contributed by atoms with Crippen molar-refractivity contribution in [2.75, 3.05) is 7.11 Å². The van der Waals surface area contributed by atoms with E-state index in [0.717, 1.165) is 28.3 Å². The van der Waals surface area contributed by atoms with Crippen LogP contribution in [0.25, 0.3) is 0 Å². The number of methoxy groups -OCH3 is 1. The Morgan fingerprint density at radius 1 is 1.38 bits per heavy atom. The van der Waals surface area contributed by atoms with Gasteiger partial charge in [-0.3, -0.25) is 0 Å². The fourth-order valence-electron chi connectivity index (χ4n) is 2.39. The highest BCUT2D eigenvalue weighted by molar-refractivity contribution is 7.80. The van der Waals surface area contributed by atoms with Gasteiger partial charge in [-0.25, -0.2) is 5.01 Å². The molecule has 2 N–H and O–H groups in total. The van der Waals surface area contributed by atoms with Gasteiger partial charge >= 0.3 is 0 Å². The molecule has 1 aliphatic heterocycles. The molecule has 4 nitrogen and oxygen atoms in total. The first kappa shape index (κ1) is 14.0. The second-order valence-corrected chi connectivity index (χ2v) is 6.07. The minimum atomic E-state index is 0.0468. The predicted octanol–water partition coefficient (Wildman–Crippen LogP) is 3.15. The lowest BCUT2D eigenvalue weighted by Gasteiger charge is -2.22. The number of ether oxygens (including phenoxy) is 1. The number of thiocarbonyl (C=S) groups is 1. The van der Waals surface area contributed by atoms with E-state index in [2.05, 4.69) is 11.2 Å². The molecule has 2 heterocycles. The molecule has 0 unspecified atom stereocenters. The predicted molar refractivity (Wildman–Crippen MR) is 89.8 cm³/mol. The summed E-state index contributed by atoms with van der Waals surface area (Å²) in [5, 5.41) is 8.66. The molecule has 0 saturated heterocycles. The van der Waals surface area contributed by atoms with Gasteiger partial charge in [0.15, 0.2) is 5.11 Å². The van der Waals surface area contributed by atoms with Crippen molar-refractivity contribution in [3.05, 3.63) is 52.2 Å². The molecule has 1 aromatic heterocycles. The number of nitrogens with zero attached hydrogens (tertiary/aromatic N) is 2. The topological polar surface area (TPSA) is 50.8 Å². The summed E-state index contributed by atoms with van der Waals surface area (Å²) in [6.45, 7) is 0. The molecule has 1 aliphatic rings. The molecule has 21 heavy (non-hydrogen) atoms. The molecular weight excluding hydrogens is 302 g/mol.